The van der Waals surface area contributed by atoms with E-state index in [2.05, 4.69) is 0 Å². The van der Waals surface area contributed by atoms with Gasteiger partial charge in [0.15, 0.2) is 0 Å². The average Bonchev–Trinajstić information content (AvgIpc) is 3.10. The van der Waals surface area contributed by atoms with E-state index >= 15 is 0 Å². The van der Waals surface area contributed by atoms with Gasteiger partial charge in [0.1, 0.15) is 4.88 Å². The van der Waals surface area contributed by atoms with Gasteiger partial charge in [-0.15, -0.1) is 11.3 Å². The van der Waals surface area contributed by atoms with Crippen LogP contribution in [0.4, 0.5) is 5.69 Å². The van der Waals surface area contributed by atoms with Gasteiger partial charge < -0.3 is 4.90 Å². The first-order valence-corrected chi connectivity index (χ1v) is 12.0. The van der Waals surface area contributed by atoms with Crippen molar-refractivity contribution in [3.8, 4) is 0 Å². The van der Waals surface area contributed by atoms with Crippen molar-refractivity contribution in [3.05, 3.63) is 68.0 Å². The summed E-state index contributed by atoms with van der Waals surface area (Å²) in [5.74, 6) is -0.227. The van der Waals surface area contributed by atoms with E-state index in [1.54, 1.807) is 11.8 Å². The minimum atomic E-state index is -3.92. The molecule has 1 aromatic heterocycles. The minimum absolute atomic E-state index is 0.0889. The summed E-state index contributed by atoms with van der Waals surface area (Å²) in [6.45, 7) is 2.20. The molecule has 2 heterocycles. The number of carbonyl (C=O) groups is 1. The van der Waals surface area contributed by atoms with E-state index in [1.807, 2.05) is 24.3 Å². The molecule has 0 saturated carbocycles. The van der Waals surface area contributed by atoms with E-state index < -0.39 is 14.9 Å². The zero-order valence-corrected chi connectivity index (χ0v) is 18.8. The fraction of sp³-hybridized carbons (Fsp3) is 0.250. The summed E-state index contributed by atoms with van der Waals surface area (Å²) >= 11 is 7.73. The lowest BCUT2D eigenvalue weighted by Crippen LogP contribution is -2.50. The third-order valence-electron chi connectivity index (χ3n) is 5.26. The number of non-ortho nitro benzene ring substituents is 1. The summed E-state index contributed by atoms with van der Waals surface area (Å²) in [5, 5.41) is 12.3. The number of nitro groups is 1. The molecule has 4 rings (SSSR count). The van der Waals surface area contributed by atoms with Gasteiger partial charge in [0, 0.05) is 48.4 Å². The topological polar surface area (TPSA) is 101 Å². The summed E-state index contributed by atoms with van der Waals surface area (Å²) in [5.41, 5.74) is 0.151. The van der Waals surface area contributed by atoms with Gasteiger partial charge in [0.2, 0.25) is 10.0 Å². The largest absolute Gasteiger partial charge is 0.335 e. The number of amides is 1. The molecule has 8 nitrogen and oxygen atoms in total. The van der Waals surface area contributed by atoms with E-state index in [9.17, 15) is 23.3 Å². The number of sulfonamides is 1. The molecule has 2 aromatic carbocycles. The van der Waals surface area contributed by atoms with Gasteiger partial charge in [-0.25, -0.2) is 8.42 Å². The summed E-state index contributed by atoms with van der Waals surface area (Å²) in [7, 11) is -3.92. The molecule has 1 fully saturated rings. The number of hydrogen-bond donors (Lipinski definition) is 0. The Hall–Kier alpha value is -2.53. The number of fused-ring (bicyclic) bond motifs is 1. The molecular formula is C20H18ClN3O5S2. The molecule has 0 radical (unpaired) electrons. The van der Waals surface area contributed by atoms with Crippen molar-refractivity contribution in [1.29, 1.82) is 0 Å². The molecule has 0 N–H and O–H groups in total. The van der Waals surface area contributed by atoms with Gasteiger partial charge in [-0.1, -0.05) is 35.9 Å². The van der Waals surface area contributed by atoms with Crippen LogP contribution in [0.25, 0.3) is 10.1 Å². The lowest BCUT2D eigenvalue weighted by Gasteiger charge is -2.34. The first-order chi connectivity index (χ1) is 14.7. The van der Waals surface area contributed by atoms with Gasteiger partial charge in [-0.3, -0.25) is 14.9 Å². The average molecular weight is 480 g/mol. The highest BCUT2D eigenvalue weighted by atomic mass is 35.5. The molecule has 0 aliphatic carbocycles. The van der Waals surface area contributed by atoms with E-state index in [0.717, 1.165) is 16.2 Å². The Balaban J connectivity index is 1.53. The number of halogens is 1. The standard InChI is InChI=1S/C20H18ClN3O5S2/c1-13-6-7-14(24(26)27)12-17(13)31(28,29)23-10-8-22(9-11-23)20(25)19-18(21)15-4-2-3-5-16(15)30-19/h2-7,12H,8-11H2,1H3. The molecule has 1 saturated heterocycles. The monoisotopic (exact) mass is 479 g/mol. The Morgan fingerprint density at radius 3 is 2.45 bits per heavy atom. The summed E-state index contributed by atoms with van der Waals surface area (Å²) in [4.78, 5) is 25.4. The van der Waals surface area contributed by atoms with Crippen LogP contribution in [0, 0.1) is 17.0 Å². The highest BCUT2D eigenvalue weighted by Crippen LogP contribution is 2.36. The fourth-order valence-corrected chi connectivity index (χ4v) is 6.69. The molecule has 0 spiro atoms. The van der Waals surface area contributed by atoms with Crippen LogP contribution < -0.4 is 0 Å². The van der Waals surface area contributed by atoms with Crippen LogP contribution in [-0.2, 0) is 10.0 Å². The number of benzene rings is 2. The predicted octanol–water partition coefficient (Wildman–Crippen LogP) is 3.92. The van der Waals surface area contributed by atoms with E-state index in [0.29, 0.717) is 15.5 Å². The number of nitrogens with zero attached hydrogens (tertiary/aromatic N) is 3. The van der Waals surface area contributed by atoms with Crippen LogP contribution in [-0.4, -0.2) is 54.6 Å². The lowest BCUT2D eigenvalue weighted by atomic mass is 10.2. The third-order valence-corrected chi connectivity index (χ3v) is 8.96. The van der Waals surface area contributed by atoms with Gasteiger partial charge in [-0.05, 0) is 18.6 Å². The van der Waals surface area contributed by atoms with Crippen molar-refractivity contribution in [2.75, 3.05) is 26.2 Å². The normalized spacial score (nSPS) is 15.4. The van der Waals surface area contributed by atoms with Gasteiger partial charge in [0.05, 0.1) is 14.8 Å². The summed E-state index contributed by atoms with van der Waals surface area (Å²) in [6, 6.07) is 11.3. The highest BCUT2D eigenvalue weighted by Gasteiger charge is 2.33. The zero-order chi connectivity index (χ0) is 22.3. The molecule has 3 aromatic rings. The maximum atomic E-state index is 13.1. The van der Waals surface area contributed by atoms with E-state index in [-0.39, 0.29) is 42.7 Å². The Morgan fingerprint density at radius 1 is 1.13 bits per heavy atom. The molecule has 1 aliphatic heterocycles. The smallest absolute Gasteiger partial charge is 0.270 e. The van der Waals surface area contributed by atoms with E-state index in [4.69, 9.17) is 11.6 Å². The second kappa shape index (κ2) is 8.19. The van der Waals surface area contributed by atoms with Crippen LogP contribution in [0.15, 0.2) is 47.4 Å². The maximum absolute atomic E-state index is 13.1. The predicted molar refractivity (Wildman–Crippen MR) is 119 cm³/mol. The van der Waals surface area contributed by atoms with Crippen LogP contribution in [0.2, 0.25) is 5.02 Å². The SMILES string of the molecule is Cc1ccc([N+](=O)[O-])cc1S(=O)(=O)N1CCN(C(=O)c2sc3ccccc3c2Cl)CC1. The first kappa shape index (κ1) is 21.7. The second-order valence-corrected chi connectivity index (χ2v) is 10.5. The zero-order valence-electron chi connectivity index (χ0n) is 16.4. The molecule has 0 unspecified atom stereocenters. The number of rotatable bonds is 4. The molecule has 31 heavy (non-hydrogen) atoms. The Labute approximate surface area is 187 Å². The molecule has 1 aliphatic rings. The molecule has 0 atom stereocenters. The quantitative estimate of drug-likeness (QED) is 0.417. The molecular weight excluding hydrogens is 462 g/mol. The molecule has 162 valence electrons. The lowest BCUT2D eigenvalue weighted by molar-refractivity contribution is -0.385. The van der Waals surface area contributed by atoms with Crippen molar-refractivity contribution >= 4 is 54.6 Å². The number of hydrogen-bond acceptors (Lipinski definition) is 6. The molecule has 11 heteroatoms. The first-order valence-electron chi connectivity index (χ1n) is 9.41. The molecule has 0 bridgehead atoms. The summed E-state index contributed by atoms with van der Waals surface area (Å²) < 4.78 is 28.3. The number of aryl methyl sites for hydroxylation is 1. The van der Waals surface area contributed by atoms with Crippen LogP contribution >= 0.6 is 22.9 Å². The Bertz CT molecular complexity index is 1300. The summed E-state index contributed by atoms with van der Waals surface area (Å²) in [6.07, 6.45) is 0. The van der Waals surface area contributed by atoms with Crippen LogP contribution in [0.3, 0.4) is 0 Å². The van der Waals surface area contributed by atoms with Gasteiger partial charge in [0.25, 0.3) is 11.6 Å². The van der Waals surface area contributed by atoms with Crippen molar-refractivity contribution in [2.45, 2.75) is 11.8 Å². The Kier molecular flexibility index (Phi) is 5.73. The maximum Gasteiger partial charge on any atom is 0.270 e. The number of nitro benzene ring substituents is 1. The number of carbonyl (C=O) groups excluding carboxylic acids is 1. The third kappa shape index (κ3) is 3.91. The van der Waals surface area contributed by atoms with Crippen LogP contribution in [0.1, 0.15) is 15.2 Å². The van der Waals surface area contributed by atoms with Crippen molar-refractivity contribution in [1.82, 2.24) is 9.21 Å². The van der Waals surface area contributed by atoms with Gasteiger partial charge in [-0.2, -0.15) is 4.31 Å². The minimum Gasteiger partial charge on any atom is -0.335 e. The second-order valence-electron chi connectivity index (χ2n) is 7.14. The van der Waals surface area contributed by atoms with Crippen LogP contribution in [0.5, 0.6) is 0 Å². The van der Waals surface area contributed by atoms with Crippen molar-refractivity contribution in [3.63, 3.8) is 0 Å². The van der Waals surface area contributed by atoms with E-state index in [1.165, 1.54) is 27.8 Å². The number of thiophene rings is 1. The molecule has 1 amide bonds. The fourth-order valence-electron chi connectivity index (χ4n) is 3.55. The van der Waals surface area contributed by atoms with Gasteiger partial charge >= 0.3 is 0 Å². The van der Waals surface area contributed by atoms with Crippen molar-refractivity contribution in [2.24, 2.45) is 0 Å². The highest BCUT2D eigenvalue weighted by molar-refractivity contribution is 7.89. The van der Waals surface area contributed by atoms with Crippen molar-refractivity contribution < 1.29 is 18.1 Å². The Morgan fingerprint density at radius 2 is 1.81 bits per heavy atom. The number of piperazine rings is 1.